The van der Waals surface area contributed by atoms with Gasteiger partial charge in [0.05, 0.1) is 16.4 Å². The number of pyridine rings is 1. The van der Waals surface area contributed by atoms with Gasteiger partial charge in [-0.3, -0.25) is 10.8 Å². The lowest BCUT2D eigenvalue weighted by atomic mass is 10.2. The molecule has 1 aromatic heterocycles. The molecule has 0 fully saturated rings. The van der Waals surface area contributed by atoms with E-state index in [-0.39, 0.29) is 0 Å². The van der Waals surface area contributed by atoms with E-state index in [1.807, 2.05) is 31.2 Å². The van der Waals surface area contributed by atoms with Crippen LogP contribution in [0.15, 0.2) is 36.5 Å². The second kappa shape index (κ2) is 5.71. The standard InChI is InChI=1S/C13H14ClN3O/c1-9-2-3-13(12(14)6-9)18-8-11-7-10(17-15)4-5-16-11/h2-7H,8,15H2,1H3,(H,16,17). The summed E-state index contributed by atoms with van der Waals surface area (Å²) in [4.78, 5) is 4.19. The molecule has 0 aliphatic carbocycles. The maximum atomic E-state index is 6.08. The van der Waals surface area contributed by atoms with Crippen molar-refractivity contribution in [1.29, 1.82) is 0 Å². The SMILES string of the molecule is Cc1ccc(OCc2cc(NN)ccn2)c(Cl)c1. The number of halogens is 1. The third kappa shape index (κ3) is 3.12. The van der Waals surface area contributed by atoms with Crippen molar-refractivity contribution in [3.63, 3.8) is 0 Å². The first-order chi connectivity index (χ1) is 8.69. The minimum Gasteiger partial charge on any atom is -0.486 e. The fraction of sp³-hybridized carbons (Fsp3) is 0.154. The molecular weight excluding hydrogens is 250 g/mol. The summed E-state index contributed by atoms with van der Waals surface area (Å²) >= 11 is 6.08. The zero-order valence-electron chi connectivity index (χ0n) is 9.98. The van der Waals surface area contributed by atoms with Crippen molar-refractivity contribution in [2.45, 2.75) is 13.5 Å². The van der Waals surface area contributed by atoms with Crippen LogP contribution in [0.25, 0.3) is 0 Å². The van der Waals surface area contributed by atoms with E-state index in [2.05, 4.69) is 10.4 Å². The molecule has 2 rings (SSSR count). The van der Waals surface area contributed by atoms with Crippen molar-refractivity contribution >= 4 is 17.3 Å². The van der Waals surface area contributed by atoms with Crippen LogP contribution in [0.3, 0.4) is 0 Å². The molecule has 0 saturated carbocycles. The summed E-state index contributed by atoms with van der Waals surface area (Å²) in [6.45, 7) is 2.33. The van der Waals surface area contributed by atoms with Gasteiger partial charge >= 0.3 is 0 Å². The first-order valence-corrected chi connectivity index (χ1v) is 5.87. The Hall–Kier alpha value is -1.78. The Morgan fingerprint density at radius 3 is 2.89 bits per heavy atom. The molecule has 0 spiro atoms. The summed E-state index contributed by atoms with van der Waals surface area (Å²) in [6, 6.07) is 9.27. The van der Waals surface area contributed by atoms with E-state index in [1.54, 1.807) is 12.3 Å². The third-order valence-corrected chi connectivity index (χ3v) is 2.74. The molecular formula is C13H14ClN3O. The van der Waals surface area contributed by atoms with Gasteiger partial charge in [0.2, 0.25) is 0 Å². The zero-order valence-corrected chi connectivity index (χ0v) is 10.7. The molecule has 0 aliphatic rings. The summed E-state index contributed by atoms with van der Waals surface area (Å²) in [5.41, 5.74) is 5.23. The molecule has 0 aliphatic heterocycles. The van der Waals surface area contributed by atoms with Gasteiger partial charge in [0.15, 0.2) is 0 Å². The summed E-state index contributed by atoms with van der Waals surface area (Å²) in [7, 11) is 0. The third-order valence-electron chi connectivity index (χ3n) is 2.45. The zero-order chi connectivity index (χ0) is 13.0. The van der Waals surface area contributed by atoms with Crippen molar-refractivity contribution in [2.24, 2.45) is 5.84 Å². The number of hydrogen-bond acceptors (Lipinski definition) is 4. The molecule has 3 N–H and O–H groups in total. The topological polar surface area (TPSA) is 60.2 Å². The van der Waals surface area contributed by atoms with Gasteiger partial charge < -0.3 is 10.2 Å². The Morgan fingerprint density at radius 1 is 1.33 bits per heavy atom. The summed E-state index contributed by atoms with van der Waals surface area (Å²) < 4.78 is 5.61. The molecule has 18 heavy (non-hydrogen) atoms. The number of hydrazine groups is 1. The van der Waals surface area contributed by atoms with Crippen LogP contribution in [0.5, 0.6) is 5.75 Å². The van der Waals surface area contributed by atoms with Gasteiger partial charge in [-0.2, -0.15) is 0 Å². The summed E-state index contributed by atoms with van der Waals surface area (Å²) in [6.07, 6.45) is 1.67. The number of aromatic nitrogens is 1. The number of nitrogens with zero attached hydrogens (tertiary/aromatic N) is 1. The number of nitrogens with one attached hydrogen (secondary N) is 1. The van der Waals surface area contributed by atoms with E-state index in [0.29, 0.717) is 17.4 Å². The molecule has 0 amide bonds. The second-order valence-electron chi connectivity index (χ2n) is 3.90. The maximum absolute atomic E-state index is 6.08. The number of nitrogens with two attached hydrogens (primary N) is 1. The highest BCUT2D eigenvalue weighted by atomic mass is 35.5. The van der Waals surface area contributed by atoms with Crippen molar-refractivity contribution in [2.75, 3.05) is 5.43 Å². The van der Waals surface area contributed by atoms with Crippen molar-refractivity contribution in [1.82, 2.24) is 4.98 Å². The molecule has 2 aromatic rings. The minimum atomic E-state index is 0.346. The fourth-order valence-electron chi connectivity index (χ4n) is 1.52. The molecule has 0 saturated heterocycles. The normalized spacial score (nSPS) is 10.2. The van der Waals surface area contributed by atoms with Crippen LogP contribution in [0, 0.1) is 6.92 Å². The van der Waals surface area contributed by atoms with Gasteiger partial charge in [-0.15, -0.1) is 0 Å². The van der Waals surface area contributed by atoms with Gasteiger partial charge in [-0.05, 0) is 36.8 Å². The average Bonchev–Trinajstić information content (AvgIpc) is 2.38. The van der Waals surface area contributed by atoms with Crippen LogP contribution in [-0.2, 0) is 6.61 Å². The summed E-state index contributed by atoms with van der Waals surface area (Å²) in [5, 5.41) is 0.600. The van der Waals surface area contributed by atoms with Crippen molar-refractivity contribution in [3.8, 4) is 5.75 Å². The van der Waals surface area contributed by atoms with Crippen molar-refractivity contribution in [3.05, 3.63) is 52.8 Å². The number of nitrogen functional groups attached to an aromatic ring is 1. The van der Waals surface area contributed by atoms with Crippen LogP contribution in [-0.4, -0.2) is 4.98 Å². The van der Waals surface area contributed by atoms with Gasteiger partial charge in [0, 0.05) is 6.20 Å². The number of ether oxygens (including phenoxy) is 1. The average molecular weight is 264 g/mol. The lowest BCUT2D eigenvalue weighted by Crippen LogP contribution is -2.08. The molecule has 1 aromatic carbocycles. The number of rotatable bonds is 4. The van der Waals surface area contributed by atoms with E-state index >= 15 is 0 Å². The fourth-order valence-corrected chi connectivity index (χ4v) is 1.81. The molecule has 4 nitrogen and oxygen atoms in total. The first kappa shape index (κ1) is 12.7. The quantitative estimate of drug-likeness (QED) is 0.658. The molecule has 94 valence electrons. The van der Waals surface area contributed by atoms with E-state index in [4.69, 9.17) is 22.2 Å². The van der Waals surface area contributed by atoms with Crippen LogP contribution < -0.4 is 16.0 Å². The van der Waals surface area contributed by atoms with Gasteiger partial charge in [0.25, 0.3) is 0 Å². The van der Waals surface area contributed by atoms with E-state index in [0.717, 1.165) is 16.9 Å². The highest BCUT2D eigenvalue weighted by molar-refractivity contribution is 6.32. The van der Waals surface area contributed by atoms with E-state index in [9.17, 15) is 0 Å². The lowest BCUT2D eigenvalue weighted by molar-refractivity contribution is 0.301. The van der Waals surface area contributed by atoms with Gasteiger partial charge in [-0.1, -0.05) is 17.7 Å². The second-order valence-corrected chi connectivity index (χ2v) is 4.31. The predicted octanol–water partition coefficient (Wildman–Crippen LogP) is 2.91. The number of anilines is 1. The van der Waals surface area contributed by atoms with Crippen LogP contribution >= 0.6 is 11.6 Å². The maximum Gasteiger partial charge on any atom is 0.138 e. The van der Waals surface area contributed by atoms with E-state index < -0.39 is 0 Å². The van der Waals surface area contributed by atoms with Crippen LogP contribution in [0.2, 0.25) is 5.02 Å². The highest BCUT2D eigenvalue weighted by Crippen LogP contribution is 2.25. The molecule has 0 bridgehead atoms. The molecule has 0 unspecified atom stereocenters. The smallest absolute Gasteiger partial charge is 0.138 e. The lowest BCUT2D eigenvalue weighted by Gasteiger charge is -2.09. The number of benzene rings is 1. The molecule has 0 radical (unpaired) electrons. The summed E-state index contributed by atoms with van der Waals surface area (Å²) in [5.74, 6) is 5.98. The van der Waals surface area contributed by atoms with Crippen LogP contribution in [0.1, 0.15) is 11.3 Å². The Kier molecular flexibility index (Phi) is 4.02. The Labute approximate surface area is 111 Å². The Bertz CT molecular complexity index is 546. The molecule has 1 heterocycles. The molecule has 5 heteroatoms. The minimum absolute atomic E-state index is 0.346. The number of aryl methyl sites for hydroxylation is 1. The number of hydrogen-bond donors (Lipinski definition) is 2. The van der Waals surface area contributed by atoms with E-state index in [1.165, 1.54) is 0 Å². The largest absolute Gasteiger partial charge is 0.486 e. The van der Waals surface area contributed by atoms with Crippen molar-refractivity contribution < 1.29 is 4.74 Å². The highest BCUT2D eigenvalue weighted by Gasteiger charge is 2.03. The van der Waals surface area contributed by atoms with Gasteiger partial charge in [0.1, 0.15) is 12.4 Å². The predicted molar refractivity (Wildman–Crippen MR) is 72.6 cm³/mol. The van der Waals surface area contributed by atoms with Crippen LogP contribution in [0.4, 0.5) is 5.69 Å². The monoisotopic (exact) mass is 263 g/mol. The van der Waals surface area contributed by atoms with Gasteiger partial charge in [-0.25, -0.2) is 0 Å². The first-order valence-electron chi connectivity index (χ1n) is 5.49. The Balaban J connectivity index is 2.06. The molecule has 0 atom stereocenters. The Morgan fingerprint density at radius 2 is 2.17 bits per heavy atom.